The second-order valence-electron chi connectivity index (χ2n) is 3.33. The molecule has 0 aliphatic rings. The van der Waals surface area contributed by atoms with E-state index in [2.05, 4.69) is 5.32 Å². The smallest absolute Gasteiger partial charge is 0.251 e. The number of amides is 1. The van der Waals surface area contributed by atoms with Crippen molar-refractivity contribution in [3.05, 3.63) is 23.8 Å². The number of hydrogen-bond acceptors (Lipinski definition) is 5. The summed E-state index contributed by atoms with van der Waals surface area (Å²) in [5, 5.41) is 29.4. The molecule has 94 valence electrons. The van der Waals surface area contributed by atoms with E-state index in [0.717, 1.165) is 6.07 Å². The fourth-order valence-electron chi connectivity index (χ4n) is 1.23. The van der Waals surface area contributed by atoms with Crippen molar-refractivity contribution in [2.24, 2.45) is 0 Å². The minimum Gasteiger partial charge on any atom is -0.508 e. The molecule has 0 spiro atoms. The summed E-state index contributed by atoms with van der Waals surface area (Å²) in [5.41, 5.74) is 0.171. The Kier molecular flexibility index (Phi) is 5.25. The van der Waals surface area contributed by atoms with E-state index in [1.807, 2.05) is 0 Å². The molecular formula is C11H15NO5. The summed E-state index contributed by atoms with van der Waals surface area (Å²) >= 11 is 0. The second kappa shape index (κ2) is 6.72. The van der Waals surface area contributed by atoms with Crippen LogP contribution in [0.15, 0.2) is 18.2 Å². The number of aliphatic hydroxyl groups is 1. The molecule has 4 N–H and O–H groups in total. The molecule has 1 rings (SSSR count). The lowest BCUT2D eigenvalue weighted by molar-refractivity contribution is 0.0837. The zero-order chi connectivity index (χ0) is 12.7. The van der Waals surface area contributed by atoms with Crippen LogP contribution < -0.4 is 5.32 Å². The van der Waals surface area contributed by atoms with Gasteiger partial charge in [0.25, 0.3) is 5.91 Å². The van der Waals surface area contributed by atoms with Gasteiger partial charge in [-0.05, 0) is 12.1 Å². The van der Waals surface area contributed by atoms with Gasteiger partial charge in [0, 0.05) is 18.2 Å². The third kappa shape index (κ3) is 4.71. The van der Waals surface area contributed by atoms with Gasteiger partial charge in [-0.2, -0.15) is 0 Å². The van der Waals surface area contributed by atoms with Crippen LogP contribution in [0.1, 0.15) is 10.4 Å². The molecule has 0 bridgehead atoms. The molecule has 1 amide bonds. The Balaban J connectivity index is 2.41. The Bertz CT molecular complexity index is 360. The number of phenols is 2. The van der Waals surface area contributed by atoms with Gasteiger partial charge in [0.15, 0.2) is 0 Å². The van der Waals surface area contributed by atoms with E-state index in [4.69, 9.17) is 9.84 Å². The van der Waals surface area contributed by atoms with Crippen LogP contribution in [-0.4, -0.2) is 47.6 Å². The molecule has 6 heteroatoms. The van der Waals surface area contributed by atoms with Gasteiger partial charge in [0.2, 0.25) is 0 Å². The number of aromatic hydroxyl groups is 2. The number of rotatable bonds is 6. The van der Waals surface area contributed by atoms with Gasteiger partial charge in [-0.3, -0.25) is 4.79 Å². The lowest BCUT2D eigenvalue weighted by Gasteiger charge is -2.06. The summed E-state index contributed by atoms with van der Waals surface area (Å²) in [6.07, 6.45) is 0. The molecule has 0 aliphatic carbocycles. The average Bonchev–Trinajstić information content (AvgIpc) is 2.27. The molecule has 0 aliphatic heterocycles. The second-order valence-corrected chi connectivity index (χ2v) is 3.33. The first kappa shape index (κ1) is 13.3. The van der Waals surface area contributed by atoms with Crippen molar-refractivity contribution >= 4 is 5.91 Å². The zero-order valence-corrected chi connectivity index (χ0v) is 9.22. The molecule has 0 aromatic heterocycles. The molecule has 0 radical (unpaired) electrons. The van der Waals surface area contributed by atoms with Gasteiger partial charge in [-0.15, -0.1) is 0 Å². The monoisotopic (exact) mass is 241 g/mol. The van der Waals surface area contributed by atoms with Crippen molar-refractivity contribution in [1.29, 1.82) is 0 Å². The minimum atomic E-state index is -0.413. The third-order valence-electron chi connectivity index (χ3n) is 1.93. The molecule has 0 fully saturated rings. The Labute approximate surface area is 98.5 Å². The highest BCUT2D eigenvalue weighted by atomic mass is 16.5. The quantitative estimate of drug-likeness (QED) is 0.518. The summed E-state index contributed by atoms with van der Waals surface area (Å²) in [6.45, 7) is 0.740. The van der Waals surface area contributed by atoms with Crippen LogP contribution in [0.5, 0.6) is 11.5 Å². The molecule has 0 saturated carbocycles. The van der Waals surface area contributed by atoms with Gasteiger partial charge >= 0.3 is 0 Å². The highest BCUT2D eigenvalue weighted by Gasteiger charge is 2.07. The molecule has 1 aromatic carbocycles. The predicted octanol–water partition coefficient (Wildman–Crippen LogP) is -0.163. The number of carbonyl (C=O) groups is 1. The van der Waals surface area contributed by atoms with Crippen LogP contribution >= 0.6 is 0 Å². The Morgan fingerprint density at radius 1 is 1.18 bits per heavy atom. The number of carbonyl (C=O) groups excluding carboxylic acids is 1. The highest BCUT2D eigenvalue weighted by molar-refractivity contribution is 5.95. The van der Waals surface area contributed by atoms with Gasteiger partial charge in [-0.1, -0.05) is 0 Å². The van der Waals surface area contributed by atoms with Crippen molar-refractivity contribution in [2.75, 3.05) is 26.4 Å². The van der Waals surface area contributed by atoms with Crippen LogP contribution in [0, 0.1) is 0 Å². The lowest BCUT2D eigenvalue weighted by atomic mass is 10.2. The number of benzene rings is 1. The number of phenolic OH excluding ortho intramolecular Hbond substituents is 2. The SMILES string of the molecule is O=C(NCCOCCO)c1cc(O)cc(O)c1. The van der Waals surface area contributed by atoms with E-state index >= 15 is 0 Å². The van der Waals surface area contributed by atoms with E-state index in [0.29, 0.717) is 0 Å². The van der Waals surface area contributed by atoms with Crippen LogP contribution in [0.3, 0.4) is 0 Å². The van der Waals surface area contributed by atoms with E-state index in [9.17, 15) is 15.0 Å². The van der Waals surface area contributed by atoms with Crippen molar-refractivity contribution in [2.45, 2.75) is 0 Å². The third-order valence-corrected chi connectivity index (χ3v) is 1.93. The van der Waals surface area contributed by atoms with E-state index in [1.54, 1.807) is 0 Å². The standard InChI is InChI=1S/C11H15NO5/c13-2-4-17-3-1-12-11(16)8-5-9(14)7-10(15)6-8/h5-7,13-15H,1-4H2,(H,12,16). The Hall–Kier alpha value is -1.79. The summed E-state index contributed by atoms with van der Waals surface area (Å²) in [6, 6.07) is 3.65. The largest absolute Gasteiger partial charge is 0.508 e. The van der Waals surface area contributed by atoms with Gasteiger partial charge in [-0.25, -0.2) is 0 Å². The highest BCUT2D eigenvalue weighted by Crippen LogP contribution is 2.20. The van der Waals surface area contributed by atoms with Gasteiger partial charge < -0.3 is 25.4 Å². The van der Waals surface area contributed by atoms with Gasteiger partial charge in [0.1, 0.15) is 11.5 Å². The first-order valence-corrected chi connectivity index (χ1v) is 5.13. The summed E-state index contributed by atoms with van der Waals surface area (Å²) in [7, 11) is 0. The van der Waals surface area contributed by atoms with Gasteiger partial charge in [0.05, 0.1) is 19.8 Å². The first-order valence-electron chi connectivity index (χ1n) is 5.13. The van der Waals surface area contributed by atoms with Crippen LogP contribution in [-0.2, 0) is 4.74 Å². The molecule has 0 heterocycles. The van der Waals surface area contributed by atoms with Crippen molar-refractivity contribution < 1.29 is 24.9 Å². The molecular weight excluding hydrogens is 226 g/mol. The first-order chi connectivity index (χ1) is 8.13. The van der Waals surface area contributed by atoms with E-state index in [-0.39, 0.29) is 43.4 Å². The summed E-state index contributed by atoms with van der Waals surface area (Å²) in [4.78, 5) is 11.5. The molecule has 1 aromatic rings. The fourth-order valence-corrected chi connectivity index (χ4v) is 1.23. The summed E-state index contributed by atoms with van der Waals surface area (Å²) in [5.74, 6) is -0.762. The van der Waals surface area contributed by atoms with Crippen molar-refractivity contribution in [3.63, 3.8) is 0 Å². The predicted molar refractivity (Wildman–Crippen MR) is 60.0 cm³/mol. The number of nitrogens with one attached hydrogen (secondary N) is 1. The number of hydrogen-bond donors (Lipinski definition) is 4. The topological polar surface area (TPSA) is 99.0 Å². The van der Waals surface area contributed by atoms with Crippen LogP contribution in [0.4, 0.5) is 0 Å². The Morgan fingerprint density at radius 3 is 2.41 bits per heavy atom. The maximum atomic E-state index is 11.5. The molecule has 0 unspecified atom stereocenters. The fraction of sp³-hybridized carbons (Fsp3) is 0.364. The maximum absolute atomic E-state index is 11.5. The zero-order valence-electron chi connectivity index (χ0n) is 9.22. The number of ether oxygens (including phenoxy) is 1. The van der Waals surface area contributed by atoms with Crippen molar-refractivity contribution in [3.8, 4) is 11.5 Å². The summed E-state index contributed by atoms with van der Waals surface area (Å²) < 4.78 is 4.95. The van der Waals surface area contributed by atoms with Crippen LogP contribution in [0.25, 0.3) is 0 Å². The number of aliphatic hydroxyl groups excluding tert-OH is 1. The lowest BCUT2D eigenvalue weighted by Crippen LogP contribution is -2.27. The average molecular weight is 241 g/mol. The Morgan fingerprint density at radius 2 is 1.82 bits per heavy atom. The maximum Gasteiger partial charge on any atom is 0.251 e. The van der Waals surface area contributed by atoms with E-state index in [1.165, 1.54) is 12.1 Å². The van der Waals surface area contributed by atoms with E-state index < -0.39 is 5.91 Å². The minimum absolute atomic E-state index is 0.0611. The van der Waals surface area contributed by atoms with Crippen molar-refractivity contribution in [1.82, 2.24) is 5.32 Å². The molecule has 6 nitrogen and oxygen atoms in total. The van der Waals surface area contributed by atoms with Crippen LogP contribution in [0.2, 0.25) is 0 Å². The molecule has 0 atom stereocenters. The molecule has 17 heavy (non-hydrogen) atoms. The molecule has 0 saturated heterocycles. The normalized spacial score (nSPS) is 10.2.